The molecule has 0 saturated carbocycles. The van der Waals surface area contributed by atoms with Crippen LogP contribution in [0, 0.1) is 6.92 Å². The summed E-state index contributed by atoms with van der Waals surface area (Å²) in [4.78, 5) is 12.5. The molecule has 8 heteroatoms. The highest BCUT2D eigenvalue weighted by molar-refractivity contribution is 7.15. The van der Waals surface area contributed by atoms with E-state index >= 15 is 0 Å². The molecule has 158 valence electrons. The number of nitrogens with one attached hydrogen (secondary N) is 1. The molecule has 0 atom stereocenters. The monoisotopic (exact) mass is 453 g/mol. The lowest BCUT2D eigenvalue weighted by atomic mass is 9.99. The van der Waals surface area contributed by atoms with Crippen LogP contribution in [-0.4, -0.2) is 22.7 Å². The van der Waals surface area contributed by atoms with Gasteiger partial charge in [0.05, 0.1) is 12.9 Å². The van der Waals surface area contributed by atoms with Gasteiger partial charge in [-0.3, -0.25) is 10.1 Å². The Morgan fingerprint density at radius 1 is 1.26 bits per heavy atom. The van der Waals surface area contributed by atoms with Gasteiger partial charge in [0.25, 0.3) is 0 Å². The van der Waals surface area contributed by atoms with Gasteiger partial charge in [0.1, 0.15) is 16.3 Å². The van der Waals surface area contributed by atoms with Crippen molar-refractivity contribution in [2.45, 2.75) is 20.8 Å². The Hall–Kier alpha value is -3.16. The third-order valence-electron chi connectivity index (χ3n) is 4.66. The standard InChI is InChI=1S/C23H20ClN3O3S/c1-4-29-20-11-21-18(19(12-30-21)15-5-7-16(24)8-6-15)10-17(20)13(2)9-22(28)25-23-27-26-14(3)31-23/h5-12H,4H2,1-3H3,(H,25,27,28)/b13-9+. The first kappa shape index (κ1) is 21.1. The van der Waals surface area contributed by atoms with Gasteiger partial charge in [-0.2, -0.15) is 0 Å². The van der Waals surface area contributed by atoms with Crippen LogP contribution in [-0.2, 0) is 4.79 Å². The Balaban J connectivity index is 1.73. The molecule has 0 radical (unpaired) electrons. The fourth-order valence-electron chi connectivity index (χ4n) is 3.25. The predicted molar refractivity (Wildman–Crippen MR) is 125 cm³/mol. The second-order valence-electron chi connectivity index (χ2n) is 6.88. The summed E-state index contributed by atoms with van der Waals surface area (Å²) in [6, 6.07) is 11.4. The third kappa shape index (κ3) is 4.62. The van der Waals surface area contributed by atoms with E-state index in [4.69, 9.17) is 20.8 Å². The molecular weight excluding hydrogens is 434 g/mol. The second-order valence-corrected chi connectivity index (χ2v) is 8.49. The van der Waals surface area contributed by atoms with Crippen LogP contribution >= 0.6 is 22.9 Å². The first-order valence-electron chi connectivity index (χ1n) is 9.68. The van der Waals surface area contributed by atoms with Gasteiger partial charge in [0, 0.05) is 33.7 Å². The predicted octanol–water partition coefficient (Wildman–Crippen LogP) is 6.35. The fourth-order valence-corrected chi connectivity index (χ4v) is 3.97. The number of amides is 1. The zero-order valence-corrected chi connectivity index (χ0v) is 18.8. The molecule has 1 amide bonds. The molecule has 4 aromatic rings. The number of rotatable bonds is 6. The van der Waals surface area contributed by atoms with Crippen LogP contribution in [0.1, 0.15) is 24.4 Å². The number of nitrogens with zero attached hydrogens (tertiary/aromatic N) is 2. The molecule has 0 aliphatic carbocycles. The summed E-state index contributed by atoms with van der Waals surface area (Å²) in [5, 5.41) is 13.4. The number of aromatic nitrogens is 2. The lowest BCUT2D eigenvalue weighted by Gasteiger charge is -2.11. The van der Waals surface area contributed by atoms with Crippen molar-refractivity contribution in [3.8, 4) is 16.9 Å². The summed E-state index contributed by atoms with van der Waals surface area (Å²) in [5.74, 6) is 0.377. The van der Waals surface area contributed by atoms with Crippen LogP contribution in [0.5, 0.6) is 5.75 Å². The highest BCUT2D eigenvalue weighted by Gasteiger charge is 2.15. The zero-order chi connectivity index (χ0) is 22.0. The topological polar surface area (TPSA) is 77.2 Å². The Bertz CT molecular complexity index is 1280. The molecule has 31 heavy (non-hydrogen) atoms. The number of furan rings is 1. The minimum Gasteiger partial charge on any atom is -0.493 e. The van der Waals surface area contributed by atoms with Crippen molar-refractivity contribution < 1.29 is 13.9 Å². The van der Waals surface area contributed by atoms with Gasteiger partial charge >= 0.3 is 0 Å². The maximum Gasteiger partial charge on any atom is 0.250 e. The van der Waals surface area contributed by atoms with Crippen molar-refractivity contribution in [3.63, 3.8) is 0 Å². The van der Waals surface area contributed by atoms with Gasteiger partial charge in [-0.05, 0) is 50.1 Å². The van der Waals surface area contributed by atoms with E-state index in [0.717, 1.165) is 32.7 Å². The number of allylic oxidation sites excluding steroid dienone is 1. The van der Waals surface area contributed by atoms with Gasteiger partial charge in [-0.1, -0.05) is 35.1 Å². The Labute approximate surface area is 188 Å². The van der Waals surface area contributed by atoms with E-state index in [1.165, 1.54) is 17.4 Å². The van der Waals surface area contributed by atoms with Crippen molar-refractivity contribution in [1.29, 1.82) is 0 Å². The molecule has 0 unspecified atom stereocenters. The number of carbonyl (C=O) groups is 1. The summed E-state index contributed by atoms with van der Waals surface area (Å²) < 4.78 is 11.6. The van der Waals surface area contributed by atoms with Gasteiger partial charge in [-0.25, -0.2) is 0 Å². The summed E-state index contributed by atoms with van der Waals surface area (Å²) in [6.07, 6.45) is 3.25. The minimum absolute atomic E-state index is 0.277. The average molecular weight is 454 g/mol. The maximum absolute atomic E-state index is 12.5. The van der Waals surface area contributed by atoms with Crippen LogP contribution in [0.2, 0.25) is 5.02 Å². The molecule has 0 aliphatic rings. The van der Waals surface area contributed by atoms with E-state index in [-0.39, 0.29) is 5.91 Å². The summed E-state index contributed by atoms with van der Waals surface area (Å²) >= 11 is 7.35. The molecule has 0 bridgehead atoms. The number of anilines is 1. The number of aryl methyl sites for hydroxylation is 1. The quantitative estimate of drug-likeness (QED) is 0.344. The second kappa shape index (κ2) is 8.91. The molecule has 0 saturated heterocycles. The molecular formula is C23H20ClN3O3S. The molecule has 2 aromatic heterocycles. The minimum atomic E-state index is -0.277. The molecule has 0 spiro atoms. The van der Waals surface area contributed by atoms with Crippen LogP contribution in [0.4, 0.5) is 5.13 Å². The maximum atomic E-state index is 12.5. The normalized spacial score (nSPS) is 11.7. The van der Waals surface area contributed by atoms with E-state index in [1.54, 1.807) is 6.26 Å². The number of benzene rings is 2. The number of hydrogen-bond donors (Lipinski definition) is 1. The van der Waals surface area contributed by atoms with Gasteiger partial charge in [-0.15, -0.1) is 10.2 Å². The van der Waals surface area contributed by atoms with E-state index in [9.17, 15) is 4.79 Å². The van der Waals surface area contributed by atoms with Crippen LogP contribution < -0.4 is 10.1 Å². The Morgan fingerprint density at radius 2 is 2.03 bits per heavy atom. The van der Waals surface area contributed by atoms with Crippen LogP contribution in [0.15, 0.2) is 53.2 Å². The number of carbonyl (C=O) groups excluding carboxylic acids is 1. The third-order valence-corrected chi connectivity index (χ3v) is 5.67. The summed E-state index contributed by atoms with van der Waals surface area (Å²) in [6.45, 7) is 6.11. The molecule has 2 heterocycles. The summed E-state index contributed by atoms with van der Waals surface area (Å²) in [5.41, 5.74) is 4.21. The smallest absolute Gasteiger partial charge is 0.250 e. The Kier molecular flexibility index (Phi) is 6.06. The molecule has 4 rings (SSSR count). The van der Waals surface area contributed by atoms with Crippen molar-refractivity contribution in [2.75, 3.05) is 11.9 Å². The van der Waals surface area contributed by atoms with Crippen molar-refractivity contribution in [2.24, 2.45) is 0 Å². The molecule has 1 N–H and O–H groups in total. The number of hydrogen-bond acceptors (Lipinski definition) is 6. The molecule has 0 fully saturated rings. The van der Waals surface area contributed by atoms with Gasteiger partial charge < -0.3 is 9.15 Å². The number of ether oxygens (including phenoxy) is 1. The van der Waals surface area contributed by atoms with Crippen LogP contribution in [0.25, 0.3) is 27.7 Å². The highest BCUT2D eigenvalue weighted by atomic mass is 35.5. The first-order valence-corrected chi connectivity index (χ1v) is 10.9. The lowest BCUT2D eigenvalue weighted by molar-refractivity contribution is -0.111. The lowest BCUT2D eigenvalue weighted by Crippen LogP contribution is -2.08. The molecule has 0 aliphatic heterocycles. The SMILES string of the molecule is CCOc1cc2occ(-c3ccc(Cl)cc3)c2cc1/C(C)=C/C(=O)Nc1nnc(C)s1. The first-order chi connectivity index (χ1) is 14.9. The van der Waals surface area contributed by atoms with Crippen LogP contribution in [0.3, 0.4) is 0 Å². The van der Waals surface area contributed by atoms with Gasteiger partial charge in [0.2, 0.25) is 11.0 Å². The van der Waals surface area contributed by atoms with Crippen molar-refractivity contribution in [3.05, 3.63) is 64.3 Å². The Morgan fingerprint density at radius 3 is 2.71 bits per heavy atom. The number of fused-ring (bicyclic) bond motifs is 1. The van der Waals surface area contributed by atoms with E-state index in [2.05, 4.69) is 15.5 Å². The van der Waals surface area contributed by atoms with Crippen molar-refractivity contribution >= 4 is 50.5 Å². The van der Waals surface area contributed by atoms with Gasteiger partial charge in [0.15, 0.2) is 0 Å². The fraction of sp³-hybridized carbons (Fsp3) is 0.174. The van der Waals surface area contributed by atoms with E-state index in [1.807, 2.05) is 57.2 Å². The zero-order valence-electron chi connectivity index (χ0n) is 17.2. The molecule has 6 nitrogen and oxygen atoms in total. The van der Waals surface area contributed by atoms with E-state index in [0.29, 0.717) is 28.1 Å². The molecule has 2 aromatic carbocycles. The highest BCUT2D eigenvalue weighted by Crippen LogP contribution is 2.37. The average Bonchev–Trinajstić information content (AvgIpc) is 3.33. The number of halogens is 1. The summed E-state index contributed by atoms with van der Waals surface area (Å²) in [7, 11) is 0. The van der Waals surface area contributed by atoms with E-state index < -0.39 is 0 Å². The largest absolute Gasteiger partial charge is 0.493 e. The van der Waals surface area contributed by atoms with Crippen molar-refractivity contribution in [1.82, 2.24) is 10.2 Å².